The number of benzene rings is 1. The second-order valence-electron chi connectivity index (χ2n) is 5.10. The SMILES string of the molecule is CC(C)[C@@H](NC(=O)c1cccc2c1C=CS2(=O)=O)C(=O)O. The lowest BCUT2D eigenvalue weighted by molar-refractivity contribution is -0.140. The van der Waals surface area contributed by atoms with Gasteiger partial charge in [-0.05, 0) is 24.1 Å². The molecule has 1 aliphatic heterocycles. The van der Waals surface area contributed by atoms with Gasteiger partial charge in [0.15, 0.2) is 9.84 Å². The maximum atomic E-state index is 12.2. The van der Waals surface area contributed by atoms with Crippen LogP contribution in [0.3, 0.4) is 0 Å². The molecule has 1 amide bonds. The van der Waals surface area contributed by atoms with E-state index in [1.54, 1.807) is 13.8 Å². The molecule has 0 unspecified atom stereocenters. The van der Waals surface area contributed by atoms with Crippen LogP contribution >= 0.6 is 0 Å². The van der Waals surface area contributed by atoms with Crippen molar-refractivity contribution < 1.29 is 23.1 Å². The van der Waals surface area contributed by atoms with Gasteiger partial charge >= 0.3 is 5.97 Å². The number of nitrogens with one attached hydrogen (secondary N) is 1. The lowest BCUT2D eigenvalue weighted by Gasteiger charge is -2.18. The summed E-state index contributed by atoms with van der Waals surface area (Å²) in [6.07, 6.45) is 1.35. The molecule has 1 aliphatic rings. The quantitative estimate of drug-likeness (QED) is 0.872. The van der Waals surface area contributed by atoms with Crippen LogP contribution in [0.4, 0.5) is 0 Å². The first-order valence-electron chi connectivity index (χ1n) is 6.34. The second-order valence-corrected chi connectivity index (χ2v) is 6.90. The third-order valence-electron chi connectivity index (χ3n) is 3.25. The Morgan fingerprint density at radius 2 is 1.90 bits per heavy atom. The van der Waals surface area contributed by atoms with E-state index in [0.29, 0.717) is 5.56 Å². The number of hydrogen-bond donors (Lipinski definition) is 2. The number of rotatable bonds is 4. The molecule has 0 saturated carbocycles. The van der Waals surface area contributed by atoms with Crippen LogP contribution in [-0.4, -0.2) is 31.4 Å². The summed E-state index contributed by atoms with van der Waals surface area (Å²) in [6, 6.07) is 3.32. The zero-order chi connectivity index (χ0) is 15.8. The Kier molecular flexibility index (Phi) is 3.87. The van der Waals surface area contributed by atoms with E-state index in [2.05, 4.69) is 5.32 Å². The van der Waals surface area contributed by atoms with Crippen molar-refractivity contribution in [1.29, 1.82) is 0 Å². The van der Waals surface area contributed by atoms with Crippen LogP contribution in [0.15, 0.2) is 28.5 Å². The van der Waals surface area contributed by atoms with Crippen LogP contribution in [0, 0.1) is 5.92 Å². The zero-order valence-electron chi connectivity index (χ0n) is 11.5. The minimum atomic E-state index is -3.50. The molecule has 0 fully saturated rings. The third-order valence-corrected chi connectivity index (χ3v) is 4.71. The predicted molar refractivity (Wildman–Crippen MR) is 76.4 cm³/mol. The lowest BCUT2D eigenvalue weighted by Crippen LogP contribution is -2.44. The highest BCUT2D eigenvalue weighted by molar-refractivity contribution is 7.94. The van der Waals surface area contributed by atoms with Gasteiger partial charge in [0.05, 0.1) is 4.90 Å². The number of aliphatic carboxylic acids is 1. The van der Waals surface area contributed by atoms with Crippen molar-refractivity contribution in [3.8, 4) is 0 Å². The summed E-state index contributed by atoms with van der Waals surface area (Å²) >= 11 is 0. The number of hydrogen-bond acceptors (Lipinski definition) is 4. The standard InChI is InChI=1S/C14H15NO5S/c1-8(2)12(14(17)18)15-13(16)10-4-3-5-11-9(10)6-7-21(11,19)20/h3-8,12H,1-2H3,(H,15,16)(H,17,18)/t12-/m1/s1. The Morgan fingerprint density at radius 3 is 2.48 bits per heavy atom. The Morgan fingerprint density at radius 1 is 1.24 bits per heavy atom. The number of fused-ring (bicyclic) bond motifs is 1. The van der Waals surface area contributed by atoms with Crippen molar-refractivity contribution in [3.63, 3.8) is 0 Å². The molecule has 0 spiro atoms. The van der Waals surface area contributed by atoms with E-state index < -0.39 is 27.8 Å². The summed E-state index contributed by atoms with van der Waals surface area (Å²) in [5, 5.41) is 12.5. The molecule has 0 radical (unpaired) electrons. The topological polar surface area (TPSA) is 101 Å². The van der Waals surface area contributed by atoms with Crippen molar-refractivity contribution in [2.24, 2.45) is 5.92 Å². The van der Waals surface area contributed by atoms with Crippen molar-refractivity contribution in [3.05, 3.63) is 34.7 Å². The van der Waals surface area contributed by atoms with Crippen LogP contribution < -0.4 is 5.32 Å². The molecule has 0 aromatic heterocycles. The molecular weight excluding hydrogens is 294 g/mol. The fraction of sp³-hybridized carbons (Fsp3) is 0.286. The van der Waals surface area contributed by atoms with Gasteiger partial charge in [-0.3, -0.25) is 4.79 Å². The van der Waals surface area contributed by atoms with E-state index in [0.717, 1.165) is 5.41 Å². The molecule has 1 atom stereocenters. The first kappa shape index (κ1) is 15.2. The van der Waals surface area contributed by atoms with Gasteiger partial charge in [-0.2, -0.15) is 0 Å². The molecule has 2 N–H and O–H groups in total. The monoisotopic (exact) mass is 309 g/mol. The van der Waals surface area contributed by atoms with Crippen LogP contribution in [0.2, 0.25) is 0 Å². The minimum Gasteiger partial charge on any atom is -0.480 e. The third kappa shape index (κ3) is 2.82. The lowest BCUT2D eigenvalue weighted by atomic mass is 10.0. The summed E-state index contributed by atoms with van der Waals surface area (Å²) in [5.41, 5.74) is 0.444. The average molecular weight is 309 g/mol. The van der Waals surface area contributed by atoms with Crippen LogP contribution in [-0.2, 0) is 14.6 Å². The normalized spacial score (nSPS) is 16.5. The highest BCUT2D eigenvalue weighted by atomic mass is 32.2. The number of carbonyl (C=O) groups excluding carboxylic acids is 1. The minimum absolute atomic E-state index is 0.0616. The number of sulfone groups is 1. The van der Waals surface area contributed by atoms with Crippen molar-refractivity contribution in [2.45, 2.75) is 24.8 Å². The van der Waals surface area contributed by atoms with Crippen molar-refractivity contribution in [2.75, 3.05) is 0 Å². The zero-order valence-corrected chi connectivity index (χ0v) is 12.3. The van der Waals surface area contributed by atoms with E-state index in [1.807, 2.05) is 0 Å². The Labute approximate surface area is 122 Å². The van der Waals surface area contributed by atoms with Crippen LogP contribution in [0.5, 0.6) is 0 Å². The number of carboxylic acid groups (broad SMARTS) is 1. The molecular formula is C14H15NO5S. The smallest absolute Gasteiger partial charge is 0.326 e. The predicted octanol–water partition coefficient (Wildman–Crippen LogP) is 1.28. The average Bonchev–Trinajstić information content (AvgIpc) is 2.71. The van der Waals surface area contributed by atoms with Gasteiger partial charge in [-0.25, -0.2) is 13.2 Å². The summed E-state index contributed by atoms with van der Waals surface area (Å²) in [5.74, 6) is -2.02. The van der Waals surface area contributed by atoms with Gasteiger partial charge in [0.25, 0.3) is 5.91 Å². The molecule has 7 heteroatoms. The van der Waals surface area contributed by atoms with Gasteiger partial charge < -0.3 is 10.4 Å². The summed E-state index contributed by atoms with van der Waals surface area (Å²) in [4.78, 5) is 23.4. The molecule has 21 heavy (non-hydrogen) atoms. The molecule has 112 valence electrons. The fourth-order valence-electron chi connectivity index (χ4n) is 2.13. The van der Waals surface area contributed by atoms with E-state index in [-0.39, 0.29) is 16.4 Å². The maximum Gasteiger partial charge on any atom is 0.326 e. The van der Waals surface area contributed by atoms with Gasteiger partial charge in [0.2, 0.25) is 0 Å². The van der Waals surface area contributed by atoms with Crippen LogP contribution in [0.25, 0.3) is 6.08 Å². The van der Waals surface area contributed by atoms with Gasteiger partial charge in [-0.15, -0.1) is 0 Å². The van der Waals surface area contributed by atoms with Gasteiger partial charge in [0.1, 0.15) is 6.04 Å². The van der Waals surface area contributed by atoms with Crippen molar-refractivity contribution in [1.82, 2.24) is 5.32 Å². The molecule has 0 saturated heterocycles. The van der Waals surface area contributed by atoms with Gasteiger partial charge in [-0.1, -0.05) is 19.9 Å². The Hall–Kier alpha value is -2.15. The first-order valence-corrected chi connectivity index (χ1v) is 7.88. The summed E-state index contributed by atoms with van der Waals surface area (Å²) < 4.78 is 23.5. The molecule has 0 bridgehead atoms. The molecule has 1 aromatic carbocycles. The van der Waals surface area contributed by atoms with E-state index in [4.69, 9.17) is 5.11 Å². The number of amides is 1. The highest BCUT2D eigenvalue weighted by Crippen LogP contribution is 2.29. The van der Waals surface area contributed by atoms with Gasteiger partial charge in [0, 0.05) is 16.5 Å². The number of carboxylic acids is 1. The van der Waals surface area contributed by atoms with E-state index in [1.165, 1.54) is 24.3 Å². The Balaban J connectivity index is 2.37. The molecule has 6 nitrogen and oxygen atoms in total. The molecule has 1 aromatic rings. The Bertz CT molecular complexity index is 734. The largest absolute Gasteiger partial charge is 0.480 e. The molecule has 0 aliphatic carbocycles. The summed E-state index contributed by atoms with van der Waals surface area (Å²) in [6.45, 7) is 3.36. The van der Waals surface area contributed by atoms with E-state index >= 15 is 0 Å². The molecule has 1 heterocycles. The highest BCUT2D eigenvalue weighted by Gasteiger charge is 2.28. The second kappa shape index (κ2) is 5.33. The first-order chi connectivity index (χ1) is 9.74. The van der Waals surface area contributed by atoms with Crippen molar-refractivity contribution >= 4 is 27.8 Å². The van der Waals surface area contributed by atoms with Crippen LogP contribution in [0.1, 0.15) is 29.8 Å². The molecule has 2 rings (SSSR count). The summed E-state index contributed by atoms with van der Waals surface area (Å²) in [7, 11) is -3.50. The number of carbonyl (C=O) groups is 2. The maximum absolute atomic E-state index is 12.2. The fourth-order valence-corrected chi connectivity index (χ4v) is 3.34. The van der Waals surface area contributed by atoms with E-state index in [9.17, 15) is 18.0 Å².